The predicted molar refractivity (Wildman–Crippen MR) is 103 cm³/mol. The van der Waals surface area contributed by atoms with E-state index >= 15 is 0 Å². The van der Waals surface area contributed by atoms with Crippen molar-refractivity contribution in [3.63, 3.8) is 0 Å². The Bertz CT molecular complexity index is 732. The molecule has 5 nitrogen and oxygen atoms in total. The molecule has 3 N–H and O–H groups in total. The first-order valence-electron chi connectivity index (χ1n) is 7.99. The summed E-state index contributed by atoms with van der Waals surface area (Å²) in [6, 6.07) is 15.1. The molecule has 0 saturated carbocycles. The minimum Gasteiger partial charge on any atom is -0.366 e. The van der Waals surface area contributed by atoms with Crippen LogP contribution in [0.15, 0.2) is 53.4 Å². The zero-order chi connectivity index (χ0) is 18.2. The fraction of sp³-hybridized carbons (Fsp3) is 0.263. The average molecular weight is 357 g/mol. The van der Waals surface area contributed by atoms with E-state index in [0.29, 0.717) is 24.2 Å². The molecule has 0 aliphatic rings. The lowest BCUT2D eigenvalue weighted by atomic mass is 10.1. The van der Waals surface area contributed by atoms with Crippen LogP contribution in [-0.4, -0.2) is 36.6 Å². The molecule has 0 atom stereocenters. The molecular formula is C19H23N3O2S. The number of nitrogens with one attached hydrogen (secondary N) is 1. The van der Waals surface area contributed by atoms with E-state index in [1.165, 1.54) is 10.5 Å². The molecule has 0 heterocycles. The number of amides is 2. The molecule has 2 aromatic carbocycles. The SMILES string of the molecule is CSc1ccc(CN(C)CCC(=O)Nc2ccccc2C(N)=O)cc1. The predicted octanol–water partition coefficient (Wildman–Crippen LogP) is 2.97. The number of anilines is 1. The Labute approximate surface area is 152 Å². The summed E-state index contributed by atoms with van der Waals surface area (Å²) in [6.07, 6.45) is 2.39. The molecule has 0 aliphatic heterocycles. The van der Waals surface area contributed by atoms with Crippen LogP contribution < -0.4 is 11.1 Å². The van der Waals surface area contributed by atoms with Crippen LogP contribution in [0.1, 0.15) is 22.3 Å². The van der Waals surface area contributed by atoms with Crippen molar-refractivity contribution < 1.29 is 9.59 Å². The maximum atomic E-state index is 12.1. The van der Waals surface area contributed by atoms with Crippen molar-refractivity contribution in [2.45, 2.75) is 17.9 Å². The van der Waals surface area contributed by atoms with E-state index in [-0.39, 0.29) is 5.91 Å². The van der Waals surface area contributed by atoms with Gasteiger partial charge in [0.2, 0.25) is 5.91 Å². The van der Waals surface area contributed by atoms with Crippen LogP contribution in [0.3, 0.4) is 0 Å². The van der Waals surface area contributed by atoms with Crippen molar-refractivity contribution in [3.8, 4) is 0 Å². The Kier molecular flexibility index (Phi) is 7.03. The van der Waals surface area contributed by atoms with E-state index in [4.69, 9.17) is 5.73 Å². The molecule has 0 bridgehead atoms. The molecule has 2 aromatic rings. The molecule has 0 saturated heterocycles. The van der Waals surface area contributed by atoms with Crippen molar-refractivity contribution in [2.24, 2.45) is 5.73 Å². The number of rotatable bonds is 8. The second kappa shape index (κ2) is 9.25. The summed E-state index contributed by atoms with van der Waals surface area (Å²) in [7, 11) is 1.98. The fourth-order valence-corrected chi connectivity index (χ4v) is 2.84. The van der Waals surface area contributed by atoms with Crippen molar-refractivity contribution >= 4 is 29.3 Å². The monoisotopic (exact) mass is 357 g/mol. The quantitative estimate of drug-likeness (QED) is 0.712. The lowest BCUT2D eigenvalue weighted by Crippen LogP contribution is -2.25. The highest BCUT2D eigenvalue weighted by Gasteiger charge is 2.11. The molecule has 2 amide bonds. The summed E-state index contributed by atoms with van der Waals surface area (Å²) in [6.45, 7) is 1.40. The third-order valence-electron chi connectivity index (χ3n) is 3.80. The van der Waals surface area contributed by atoms with Crippen LogP contribution in [0, 0.1) is 0 Å². The molecule has 0 fully saturated rings. The van der Waals surface area contributed by atoms with Crippen molar-refractivity contribution in [1.29, 1.82) is 0 Å². The third kappa shape index (κ3) is 5.92. The Morgan fingerprint density at radius 3 is 2.44 bits per heavy atom. The third-order valence-corrected chi connectivity index (χ3v) is 4.54. The first kappa shape index (κ1) is 19.0. The van der Waals surface area contributed by atoms with E-state index in [1.54, 1.807) is 36.0 Å². The van der Waals surface area contributed by atoms with Gasteiger partial charge in [0.15, 0.2) is 0 Å². The van der Waals surface area contributed by atoms with Gasteiger partial charge in [0.1, 0.15) is 0 Å². The molecule has 0 spiro atoms. The number of primary amides is 1. The van der Waals surface area contributed by atoms with E-state index in [2.05, 4.69) is 40.7 Å². The highest BCUT2D eigenvalue weighted by Crippen LogP contribution is 2.16. The Balaban J connectivity index is 1.84. The lowest BCUT2D eigenvalue weighted by Gasteiger charge is -2.17. The number of carbonyl (C=O) groups excluding carboxylic acids is 2. The van der Waals surface area contributed by atoms with Crippen LogP contribution in [0.5, 0.6) is 0 Å². The number of nitrogens with zero attached hydrogens (tertiary/aromatic N) is 1. The first-order chi connectivity index (χ1) is 12.0. The number of hydrogen-bond donors (Lipinski definition) is 2. The fourth-order valence-electron chi connectivity index (χ4n) is 2.43. The van der Waals surface area contributed by atoms with Gasteiger partial charge in [0.05, 0.1) is 11.3 Å². The van der Waals surface area contributed by atoms with Crippen LogP contribution >= 0.6 is 11.8 Å². The maximum Gasteiger partial charge on any atom is 0.250 e. The van der Waals surface area contributed by atoms with E-state index in [1.807, 2.05) is 7.05 Å². The van der Waals surface area contributed by atoms with Crippen LogP contribution in [-0.2, 0) is 11.3 Å². The summed E-state index contributed by atoms with van der Waals surface area (Å²) in [5, 5.41) is 2.76. The van der Waals surface area contributed by atoms with Gasteiger partial charge in [-0.1, -0.05) is 24.3 Å². The van der Waals surface area contributed by atoms with Gasteiger partial charge < -0.3 is 16.0 Å². The standard InChI is InChI=1S/C19H23N3O2S/c1-22(13-14-7-9-15(25-2)10-8-14)12-11-18(23)21-17-6-4-3-5-16(17)19(20)24/h3-10H,11-13H2,1-2H3,(H2,20,24)(H,21,23). The van der Waals surface area contributed by atoms with Crippen molar-refractivity contribution in [3.05, 3.63) is 59.7 Å². The minimum atomic E-state index is -0.554. The number of nitrogens with two attached hydrogens (primary N) is 1. The Morgan fingerprint density at radius 1 is 1.12 bits per heavy atom. The van der Waals surface area contributed by atoms with E-state index in [0.717, 1.165) is 6.54 Å². The van der Waals surface area contributed by atoms with Gasteiger partial charge in [-0.15, -0.1) is 11.8 Å². The van der Waals surface area contributed by atoms with Crippen molar-refractivity contribution in [1.82, 2.24) is 4.90 Å². The molecule has 132 valence electrons. The maximum absolute atomic E-state index is 12.1. The normalized spacial score (nSPS) is 10.7. The molecule has 6 heteroatoms. The first-order valence-corrected chi connectivity index (χ1v) is 9.22. The van der Waals surface area contributed by atoms with Gasteiger partial charge in [-0.25, -0.2) is 0 Å². The second-order valence-corrected chi connectivity index (χ2v) is 6.67. The number of para-hydroxylation sites is 1. The van der Waals surface area contributed by atoms with Gasteiger partial charge in [0, 0.05) is 24.4 Å². The number of benzene rings is 2. The average Bonchev–Trinajstić information content (AvgIpc) is 2.61. The smallest absolute Gasteiger partial charge is 0.250 e. The largest absolute Gasteiger partial charge is 0.366 e. The molecule has 2 rings (SSSR count). The van der Waals surface area contributed by atoms with Gasteiger partial charge in [-0.05, 0) is 43.1 Å². The van der Waals surface area contributed by atoms with E-state index in [9.17, 15) is 9.59 Å². The number of carbonyl (C=O) groups is 2. The molecule has 0 aliphatic carbocycles. The van der Waals surface area contributed by atoms with Crippen molar-refractivity contribution in [2.75, 3.05) is 25.2 Å². The molecule has 0 radical (unpaired) electrons. The number of thioether (sulfide) groups is 1. The summed E-state index contributed by atoms with van der Waals surface area (Å²) >= 11 is 1.72. The van der Waals surface area contributed by atoms with Gasteiger partial charge >= 0.3 is 0 Å². The molecular weight excluding hydrogens is 334 g/mol. The van der Waals surface area contributed by atoms with Crippen LogP contribution in [0.4, 0.5) is 5.69 Å². The summed E-state index contributed by atoms with van der Waals surface area (Å²) in [4.78, 5) is 26.8. The topological polar surface area (TPSA) is 75.4 Å². The highest BCUT2D eigenvalue weighted by molar-refractivity contribution is 7.98. The highest BCUT2D eigenvalue weighted by atomic mass is 32.2. The van der Waals surface area contributed by atoms with Gasteiger partial charge in [-0.2, -0.15) is 0 Å². The Hall–Kier alpha value is -2.31. The van der Waals surface area contributed by atoms with Crippen LogP contribution in [0.25, 0.3) is 0 Å². The van der Waals surface area contributed by atoms with Crippen LogP contribution in [0.2, 0.25) is 0 Å². The molecule has 0 aromatic heterocycles. The summed E-state index contributed by atoms with van der Waals surface area (Å²) in [5.74, 6) is -0.694. The summed E-state index contributed by atoms with van der Waals surface area (Å²) in [5.41, 5.74) is 7.30. The lowest BCUT2D eigenvalue weighted by molar-refractivity contribution is -0.116. The summed E-state index contributed by atoms with van der Waals surface area (Å²) < 4.78 is 0. The minimum absolute atomic E-state index is 0.140. The van der Waals surface area contributed by atoms with Gasteiger partial charge in [-0.3, -0.25) is 9.59 Å². The molecule has 0 unspecified atom stereocenters. The zero-order valence-electron chi connectivity index (χ0n) is 14.5. The zero-order valence-corrected chi connectivity index (χ0v) is 15.3. The van der Waals surface area contributed by atoms with Gasteiger partial charge in [0.25, 0.3) is 5.91 Å². The number of hydrogen-bond acceptors (Lipinski definition) is 4. The van der Waals surface area contributed by atoms with E-state index < -0.39 is 5.91 Å². The Morgan fingerprint density at radius 2 is 1.80 bits per heavy atom. The second-order valence-electron chi connectivity index (χ2n) is 5.79. The molecule has 25 heavy (non-hydrogen) atoms.